The number of hydrogen-bond donors (Lipinski definition) is 0. The van der Waals surface area contributed by atoms with Crippen LogP contribution in [0.25, 0.3) is 0 Å². The third kappa shape index (κ3) is 5.40. The summed E-state index contributed by atoms with van der Waals surface area (Å²) in [6, 6.07) is 5.84. The van der Waals surface area contributed by atoms with E-state index in [1.807, 2.05) is 55.8 Å². The van der Waals surface area contributed by atoms with Crippen molar-refractivity contribution in [2.24, 2.45) is 11.3 Å². The number of ether oxygens (including phenoxy) is 2. The van der Waals surface area contributed by atoms with Gasteiger partial charge in [0.2, 0.25) is 11.8 Å². The van der Waals surface area contributed by atoms with Crippen LogP contribution in [0, 0.1) is 11.3 Å². The fourth-order valence-electron chi connectivity index (χ4n) is 3.56. The third-order valence-corrected chi connectivity index (χ3v) is 5.33. The van der Waals surface area contributed by atoms with Crippen LogP contribution in [0.4, 0.5) is 0 Å². The molecule has 2 amide bonds. The lowest BCUT2D eigenvalue weighted by Gasteiger charge is -2.36. The molecular formula is C22H34N2O4. The number of carbonyl (C=O) groups excluding carboxylic acids is 2. The fourth-order valence-corrected chi connectivity index (χ4v) is 3.56. The SMILES string of the molecule is COc1ccc(CCN(C)C(=O)C2CCN(C(=O)C(C)(C)C)CC2)cc1OC. The topological polar surface area (TPSA) is 59.1 Å². The molecule has 0 N–H and O–H groups in total. The van der Waals surface area contributed by atoms with Gasteiger partial charge in [-0.3, -0.25) is 9.59 Å². The molecular weight excluding hydrogens is 356 g/mol. The predicted octanol–water partition coefficient (Wildman–Crippen LogP) is 2.99. The first-order valence-corrected chi connectivity index (χ1v) is 9.92. The molecule has 1 aliphatic heterocycles. The Morgan fingerprint density at radius 3 is 2.25 bits per heavy atom. The molecule has 0 unspecified atom stereocenters. The zero-order valence-corrected chi connectivity index (χ0v) is 18.1. The smallest absolute Gasteiger partial charge is 0.227 e. The molecule has 0 spiro atoms. The number of likely N-dealkylation sites (tertiary alicyclic amines) is 1. The van der Waals surface area contributed by atoms with Crippen molar-refractivity contribution in [2.75, 3.05) is 40.9 Å². The number of benzene rings is 1. The molecule has 0 aromatic heterocycles. The molecule has 6 nitrogen and oxygen atoms in total. The highest BCUT2D eigenvalue weighted by Crippen LogP contribution is 2.28. The normalized spacial score (nSPS) is 15.3. The van der Waals surface area contributed by atoms with Crippen molar-refractivity contribution in [1.82, 2.24) is 9.80 Å². The Balaban J connectivity index is 1.86. The highest BCUT2D eigenvalue weighted by molar-refractivity contribution is 5.82. The summed E-state index contributed by atoms with van der Waals surface area (Å²) in [5, 5.41) is 0. The van der Waals surface area contributed by atoms with E-state index in [2.05, 4.69) is 0 Å². The molecule has 6 heteroatoms. The first-order chi connectivity index (χ1) is 13.2. The molecule has 0 atom stereocenters. The maximum absolute atomic E-state index is 12.8. The molecule has 0 saturated carbocycles. The Morgan fingerprint density at radius 1 is 1.11 bits per heavy atom. The molecule has 1 fully saturated rings. The van der Waals surface area contributed by atoms with Crippen molar-refractivity contribution in [3.05, 3.63) is 23.8 Å². The standard InChI is InChI=1S/C22H34N2O4/c1-22(2,3)21(26)24-13-10-17(11-14-24)20(25)23(4)12-9-16-7-8-18(27-5)19(15-16)28-6/h7-8,15,17H,9-14H2,1-6H3. The van der Waals surface area contributed by atoms with Crippen LogP contribution < -0.4 is 9.47 Å². The zero-order valence-electron chi connectivity index (χ0n) is 18.1. The van der Waals surface area contributed by atoms with E-state index in [9.17, 15) is 9.59 Å². The number of piperidine rings is 1. The second-order valence-corrected chi connectivity index (χ2v) is 8.52. The van der Waals surface area contributed by atoms with Gasteiger partial charge >= 0.3 is 0 Å². The van der Waals surface area contributed by atoms with Crippen LogP contribution in [0.1, 0.15) is 39.2 Å². The summed E-state index contributed by atoms with van der Waals surface area (Å²) in [5.41, 5.74) is 0.732. The Hall–Kier alpha value is -2.24. The van der Waals surface area contributed by atoms with Gasteiger partial charge in [-0.15, -0.1) is 0 Å². The molecule has 0 aliphatic carbocycles. The van der Waals surface area contributed by atoms with Crippen LogP contribution in [-0.2, 0) is 16.0 Å². The lowest BCUT2D eigenvalue weighted by Crippen LogP contribution is -2.47. The lowest BCUT2D eigenvalue weighted by atomic mass is 9.90. The van der Waals surface area contributed by atoms with Crippen LogP contribution in [-0.4, -0.2) is 62.5 Å². The van der Waals surface area contributed by atoms with Crippen LogP contribution >= 0.6 is 0 Å². The number of rotatable bonds is 6. The molecule has 28 heavy (non-hydrogen) atoms. The van der Waals surface area contributed by atoms with Crippen molar-refractivity contribution in [3.8, 4) is 11.5 Å². The average Bonchev–Trinajstić information content (AvgIpc) is 2.69. The van der Waals surface area contributed by atoms with Crippen molar-refractivity contribution < 1.29 is 19.1 Å². The molecule has 1 aromatic rings. The minimum Gasteiger partial charge on any atom is -0.493 e. The number of likely N-dealkylation sites (N-methyl/N-ethyl adjacent to an activating group) is 1. The first kappa shape index (κ1) is 22.1. The molecule has 0 bridgehead atoms. The minimum absolute atomic E-state index is 0.000535. The van der Waals surface area contributed by atoms with E-state index in [1.165, 1.54) is 0 Å². The van der Waals surface area contributed by atoms with Gasteiger partial charge in [0.25, 0.3) is 0 Å². The molecule has 1 saturated heterocycles. The number of carbonyl (C=O) groups is 2. The monoisotopic (exact) mass is 390 g/mol. The highest BCUT2D eigenvalue weighted by atomic mass is 16.5. The van der Waals surface area contributed by atoms with Crippen molar-refractivity contribution in [3.63, 3.8) is 0 Å². The molecule has 1 aliphatic rings. The van der Waals surface area contributed by atoms with Gasteiger partial charge in [-0.2, -0.15) is 0 Å². The van der Waals surface area contributed by atoms with E-state index in [0.29, 0.717) is 31.1 Å². The summed E-state index contributed by atoms with van der Waals surface area (Å²) in [4.78, 5) is 28.9. The molecule has 1 aromatic carbocycles. The second kappa shape index (κ2) is 9.30. The summed E-state index contributed by atoms with van der Waals surface area (Å²) in [7, 11) is 5.09. The van der Waals surface area contributed by atoms with Crippen LogP contribution in [0.2, 0.25) is 0 Å². The van der Waals surface area contributed by atoms with Gasteiger partial charge in [0.15, 0.2) is 11.5 Å². The van der Waals surface area contributed by atoms with Gasteiger partial charge in [-0.1, -0.05) is 26.8 Å². The van der Waals surface area contributed by atoms with E-state index in [0.717, 1.165) is 24.8 Å². The zero-order chi connectivity index (χ0) is 20.9. The first-order valence-electron chi connectivity index (χ1n) is 9.92. The number of nitrogens with zero attached hydrogens (tertiary/aromatic N) is 2. The van der Waals surface area contributed by atoms with E-state index >= 15 is 0 Å². The Kier molecular flexibility index (Phi) is 7.33. The quantitative estimate of drug-likeness (QED) is 0.749. The van der Waals surface area contributed by atoms with Crippen LogP contribution in [0.3, 0.4) is 0 Å². The van der Waals surface area contributed by atoms with Gasteiger partial charge in [-0.25, -0.2) is 0 Å². The summed E-state index contributed by atoms with van der Waals surface area (Å²) in [5.74, 6) is 1.74. The van der Waals surface area contributed by atoms with Gasteiger partial charge in [-0.05, 0) is 37.0 Å². The highest BCUT2D eigenvalue weighted by Gasteiger charge is 2.33. The summed E-state index contributed by atoms with van der Waals surface area (Å²) in [6.07, 6.45) is 2.23. The molecule has 0 radical (unpaired) electrons. The number of hydrogen-bond acceptors (Lipinski definition) is 4. The van der Waals surface area contributed by atoms with E-state index < -0.39 is 0 Å². The van der Waals surface area contributed by atoms with Crippen molar-refractivity contribution in [1.29, 1.82) is 0 Å². The van der Waals surface area contributed by atoms with Crippen molar-refractivity contribution >= 4 is 11.8 Å². The van der Waals surface area contributed by atoms with E-state index in [-0.39, 0.29) is 23.1 Å². The summed E-state index contributed by atoms with van der Waals surface area (Å²) < 4.78 is 10.6. The van der Waals surface area contributed by atoms with Gasteiger partial charge in [0, 0.05) is 38.0 Å². The lowest BCUT2D eigenvalue weighted by molar-refractivity contribution is -0.144. The van der Waals surface area contributed by atoms with E-state index in [4.69, 9.17) is 9.47 Å². The largest absolute Gasteiger partial charge is 0.493 e. The molecule has 1 heterocycles. The van der Waals surface area contributed by atoms with Gasteiger partial charge < -0.3 is 19.3 Å². The summed E-state index contributed by atoms with van der Waals surface area (Å²) in [6.45, 7) is 7.79. The Bertz CT molecular complexity index is 688. The molecule has 2 rings (SSSR count). The fraction of sp³-hybridized carbons (Fsp3) is 0.636. The Labute approximate surface area is 168 Å². The maximum atomic E-state index is 12.8. The number of amides is 2. The second-order valence-electron chi connectivity index (χ2n) is 8.52. The van der Waals surface area contributed by atoms with Gasteiger partial charge in [0.1, 0.15) is 0 Å². The van der Waals surface area contributed by atoms with Crippen LogP contribution in [0.15, 0.2) is 18.2 Å². The summed E-state index contributed by atoms with van der Waals surface area (Å²) >= 11 is 0. The van der Waals surface area contributed by atoms with E-state index in [1.54, 1.807) is 14.2 Å². The third-order valence-electron chi connectivity index (χ3n) is 5.33. The minimum atomic E-state index is -0.368. The Morgan fingerprint density at radius 2 is 1.71 bits per heavy atom. The number of methoxy groups -OCH3 is 2. The molecule has 156 valence electrons. The average molecular weight is 391 g/mol. The maximum Gasteiger partial charge on any atom is 0.227 e. The van der Waals surface area contributed by atoms with Crippen LogP contribution in [0.5, 0.6) is 11.5 Å². The van der Waals surface area contributed by atoms with Crippen molar-refractivity contribution in [2.45, 2.75) is 40.0 Å². The van der Waals surface area contributed by atoms with Gasteiger partial charge in [0.05, 0.1) is 14.2 Å². The predicted molar refractivity (Wildman–Crippen MR) is 110 cm³/mol.